The molecule has 130 valence electrons. The number of aromatic carboxylic acids is 1. The molecule has 0 radical (unpaired) electrons. The molecule has 0 aliphatic rings. The Balaban J connectivity index is 2.16. The maximum Gasteiger partial charge on any atom is 0.339 e. The van der Waals surface area contributed by atoms with Gasteiger partial charge in [-0.2, -0.15) is 0 Å². The van der Waals surface area contributed by atoms with Gasteiger partial charge in [0.05, 0.1) is 10.6 Å². The minimum absolute atomic E-state index is 0.0265. The fourth-order valence-corrected chi connectivity index (χ4v) is 2.92. The van der Waals surface area contributed by atoms with Gasteiger partial charge in [0.15, 0.2) is 5.11 Å². The molecule has 0 fully saturated rings. The van der Waals surface area contributed by atoms with Crippen molar-refractivity contribution in [1.82, 2.24) is 5.32 Å². The van der Waals surface area contributed by atoms with Gasteiger partial charge in [0.1, 0.15) is 11.3 Å². The van der Waals surface area contributed by atoms with E-state index in [0.29, 0.717) is 11.3 Å². The fourth-order valence-electron chi connectivity index (χ4n) is 2.02. The van der Waals surface area contributed by atoms with Crippen LogP contribution in [0.5, 0.6) is 5.75 Å². The summed E-state index contributed by atoms with van der Waals surface area (Å²) in [4.78, 5) is 23.4. The zero-order valence-electron chi connectivity index (χ0n) is 12.8. The number of rotatable bonds is 3. The van der Waals surface area contributed by atoms with Crippen LogP contribution in [0.15, 0.2) is 30.3 Å². The highest BCUT2D eigenvalue weighted by Gasteiger charge is 2.16. The van der Waals surface area contributed by atoms with Crippen LogP contribution in [0.3, 0.4) is 0 Å². The van der Waals surface area contributed by atoms with Gasteiger partial charge in [0, 0.05) is 9.26 Å². The van der Waals surface area contributed by atoms with E-state index in [4.69, 9.17) is 28.9 Å². The highest BCUT2D eigenvalue weighted by molar-refractivity contribution is 14.1. The molecule has 2 aromatic rings. The lowest BCUT2D eigenvalue weighted by Gasteiger charge is -2.13. The van der Waals surface area contributed by atoms with E-state index in [1.807, 2.05) is 0 Å². The van der Waals surface area contributed by atoms with Gasteiger partial charge in [0.2, 0.25) is 0 Å². The summed E-state index contributed by atoms with van der Waals surface area (Å²) >= 11 is 13.1. The Kier molecular flexibility index (Phi) is 6.20. The molecule has 0 saturated heterocycles. The molecule has 9 heteroatoms. The second-order valence-electron chi connectivity index (χ2n) is 5.03. The number of carbonyl (C=O) groups excluding carboxylic acids is 1. The summed E-state index contributed by atoms with van der Waals surface area (Å²) in [6.45, 7) is 1.56. The molecule has 0 bridgehead atoms. The number of benzene rings is 2. The third kappa shape index (κ3) is 4.80. The number of aryl methyl sites for hydroxylation is 1. The number of phenols is 1. The van der Waals surface area contributed by atoms with Crippen molar-refractivity contribution in [2.24, 2.45) is 0 Å². The standard InChI is InChI=1S/C16H12ClIN2O4S/c1-7-4-9(6-11(13(7)21)15(23)24)19-16(25)20-14(22)10-5-8(18)2-3-12(10)17/h2-6,21H,1H3,(H,23,24)(H2,19,20,22,25). The molecule has 0 spiro atoms. The van der Waals surface area contributed by atoms with Gasteiger partial charge in [-0.3, -0.25) is 10.1 Å². The van der Waals surface area contributed by atoms with Gasteiger partial charge in [-0.15, -0.1) is 0 Å². The second kappa shape index (κ2) is 7.98. The van der Waals surface area contributed by atoms with Gasteiger partial charge in [-0.1, -0.05) is 11.6 Å². The lowest BCUT2D eigenvalue weighted by molar-refractivity contribution is 0.0693. The highest BCUT2D eigenvalue weighted by Crippen LogP contribution is 2.26. The highest BCUT2D eigenvalue weighted by atomic mass is 127. The SMILES string of the molecule is Cc1cc(NC(=S)NC(=O)c2cc(I)ccc2Cl)cc(C(=O)O)c1O. The number of carboxylic acid groups (broad SMARTS) is 1. The van der Waals surface area contributed by atoms with E-state index in [2.05, 4.69) is 33.2 Å². The largest absolute Gasteiger partial charge is 0.507 e. The van der Waals surface area contributed by atoms with E-state index < -0.39 is 11.9 Å². The molecular weight excluding hydrogens is 479 g/mol. The van der Waals surface area contributed by atoms with E-state index >= 15 is 0 Å². The Morgan fingerprint density at radius 2 is 1.88 bits per heavy atom. The summed E-state index contributed by atoms with van der Waals surface area (Å²) in [5.41, 5.74) is 0.687. The van der Waals surface area contributed by atoms with Crippen LogP contribution in [0.2, 0.25) is 5.02 Å². The number of carboxylic acids is 1. The number of hydrogen-bond acceptors (Lipinski definition) is 4. The second-order valence-corrected chi connectivity index (χ2v) is 7.09. The van der Waals surface area contributed by atoms with Gasteiger partial charge in [0.25, 0.3) is 5.91 Å². The topological polar surface area (TPSA) is 98.7 Å². The van der Waals surface area contributed by atoms with Gasteiger partial charge in [-0.05, 0) is 77.6 Å². The maximum absolute atomic E-state index is 12.3. The first-order valence-corrected chi connectivity index (χ1v) is 8.70. The van der Waals surface area contributed by atoms with Crippen molar-refractivity contribution in [3.8, 4) is 5.75 Å². The normalized spacial score (nSPS) is 10.2. The van der Waals surface area contributed by atoms with Crippen molar-refractivity contribution in [2.75, 3.05) is 5.32 Å². The maximum atomic E-state index is 12.3. The third-order valence-corrected chi connectivity index (χ3v) is 4.39. The lowest BCUT2D eigenvalue weighted by Crippen LogP contribution is -2.34. The van der Waals surface area contributed by atoms with E-state index in [1.165, 1.54) is 12.1 Å². The number of amides is 1. The summed E-state index contributed by atoms with van der Waals surface area (Å²) in [5.74, 6) is -2.08. The Morgan fingerprint density at radius 3 is 2.52 bits per heavy atom. The Morgan fingerprint density at radius 1 is 1.20 bits per heavy atom. The monoisotopic (exact) mass is 490 g/mol. The average Bonchev–Trinajstić information content (AvgIpc) is 2.52. The van der Waals surface area contributed by atoms with E-state index in [0.717, 1.165) is 3.57 Å². The molecule has 2 rings (SSSR count). The van der Waals surface area contributed by atoms with Gasteiger partial charge < -0.3 is 15.5 Å². The number of halogens is 2. The van der Waals surface area contributed by atoms with Gasteiger partial charge >= 0.3 is 5.97 Å². The number of aromatic hydroxyl groups is 1. The molecule has 6 nitrogen and oxygen atoms in total. The van der Waals surface area contributed by atoms with Crippen molar-refractivity contribution >= 4 is 69.1 Å². The molecule has 2 aromatic carbocycles. The lowest BCUT2D eigenvalue weighted by atomic mass is 10.1. The van der Waals surface area contributed by atoms with E-state index in [1.54, 1.807) is 25.1 Å². The van der Waals surface area contributed by atoms with Crippen LogP contribution in [-0.4, -0.2) is 27.2 Å². The number of carbonyl (C=O) groups is 2. The molecule has 0 aromatic heterocycles. The molecule has 0 atom stereocenters. The molecular formula is C16H12ClIN2O4S. The first-order valence-electron chi connectivity index (χ1n) is 6.83. The molecule has 4 N–H and O–H groups in total. The number of anilines is 1. The van der Waals surface area contributed by atoms with Crippen molar-refractivity contribution in [3.05, 3.63) is 55.6 Å². The first kappa shape index (κ1) is 19.4. The summed E-state index contributed by atoms with van der Waals surface area (Å²) in [6, 6.07) is 7.73. The first-order chi connectivity index (χ1) is 11.7. The fraction of sp³-hybridized carbons (Fsp3) is 0.0625. The van der Waals surface area contributed by atoms with Crippen molar-refractivity contribution in [2.45, 2.75) is 6.92 Å². The van der Waals surface area contributed by atoms with Crippen LogP contribution < -0.4 is 10.6 Å². The summed E-state index contributed by atoms with van der Waals surface area (Å²) in [6.07, 6.45) is 0. The zero-order chi connectivity index (χ0) is 18.7. The molecule has 0 aliphatic heterocycles. The molecule has 1 amide bonds. The van der Waals surface area contributed by atoms with Crippen molar-refractivity contribution < 1.29 is 19.8 Å². The summed E-state index contributed by atoms with van der Waals surface area (Å²) < 4.78 is 0.839. The number of nitrogens with one attached hydrogen (secondary N) is 2. The summed E-state index contributed by atoms with van der Waals surface area (Å²) in [5, 5.41) is 24.3. The Labute approximate surface area is 167 Å². The molecule has 25 heavy (non-hydrogen) atoms. The Hall–Kier alpha value is -1.91. The molecule has 0 heterocycles. The molecule has 0 aliphatic carbocycles. The number of hydrogen-bond donors (Lipinski definition) is 4. The third-order valence-electron chi connectivity index (χ3n) is 3.19. The van der Waals surface area contributed by atoms with Crippen LogP contribution in [0.4, 0.5) is 5.69 Å². The summed E-state index contributed by atoms with van der Waals surface area (Å²) in [7, 11) is 0. The number of thiocarbonyl (C=S) groups is 1. The van der Waals surface area contributed by atoms with Crippen LogP contribution in [-0.2, 0) is 0 Å². The molecule has 0 saturated carbocycles. The van der Waals surface area contributed by atoms with E-state index in [-0.39, 0.29) is 27.0 Å². The van der Waals surface area contributed by atoms with Crippen LogP contribution in [0.1, 0.15) is 26.3 Å². The predicted octanol–water partition coefficient (Wildman–Crippen LogP) is 3.78. The Bertz CT molecular complexity index is 889. The zero-order valence-corrected chi connectivity index (χ0v) is 16.5. The minimum atomic E-state index is -1.27. The smallest absolute Gasteiger partial charge is 0.339 e. The predicted molar refractivity (Wildman–Crippen MR) is 108 cm³/mol. The van der Waals surface area contributed by atoms with E-state index in [9.17, 15) is 14.7 Å². The minimum Gasteiger partial charge on any atom is -0.507 e. The van der Waals surface area contributed by atoms with Gasteiger partial charge in [-0.25, -0.2) is 4.79 Å². The van der Waals surface area contributed by atoms with Crippen LogP contribution >= 0.6 is 46.4 Å². The quantitative estimate of drug-likeness (QED) is 0.297. The van der Waals surface area contributed by atoms with Crippen LogP contribution in [0, 0.1) is 10.5 Å². The van der Waals surface area contributed by atoms with Crippen molar-refractivity contribution in [3.63, 3.8) is 0 Å². The van der Waals surface area contributed by atoms with Crippen LogP contribution in [0.25, 0.3) is 0 Å². The average molecular weight is 491 g/mol. The van der Waals surface area contributed by atoms with Crippen molar-refractivity contribution in [1.29, 1.82) is 0 Å². The molecule has 0 unspecified atom stereocenters.